The van der Waals surface area contributed by atoms with Crippen LogP contribution in [0.3, 0.4) is 0 Å². The van der Waals surface area contributed by atoms with Gasteiger partial charge < -0.3 is 4.74 Å². The van der Waals surface area contributed by atoms with Crippen LogP contribution in [0.5, 0.6) is 0 Å². The number of imide groups is 1. The van der Waals surface area contributed by atoms with Crippen molar-refractivity contribution >= 4 is 30.1 Å². The zero-order valence-electron chi connectivity index (χ0n) is 5.90. The standard InChI is InChI=1S/C6H5ClNO4/c7-8(3-12-4-9)5(10)1-2-6(8)11/h1-2,4H,3H2/q+1. The monoisotopic (exact) mass is 190 g/mol. The molecule has 0 N–H and O–H groups in total. The molecule has 1 rings (SSSR count). The van der Waals surface area contributed by atoms with Gasteiger partial charge in [-0.2, -0.15) is 0 Å². The molecule has 0 radical (unpaired) electrons. The average molecular weight is 191 g/mol. The molecule has 0 fully saturated rings. The van der Waals surface area contributed by atoms with E-state index < -0.39 is 22.5 Å². The first kappa shape index (κ1) is 8.89. The second kappa shape index (κ2) is 3.04. The van der Waals surface area contributed by atoms with Crippen molar-refractivity contribution in [2.24, 2.45) is 0 Å². The fourth-order valence-electron chi connectivity index (χ4n) is 0.748. The van der Waals surface area contributed by atoms with Crippen molar-refractivity contribution in [1.29, 1.82) is 0 Å². The lowest BCUT2D eigenvalue weighted by molar-refractivity contribution is -0.673. The van der Waals surface area contributed by atoms with Crippen LogP contribution in [0.4, 0.5) is 0 Å². The molecule has 0 atom stereocenters. The molecule has 6 heteroatoms. The highest BCUT2D eigenvalue weighted by atomic mass is 35.5. The largest absolute Gasteiger partial charge is 0.414 e. The third kappa shape index (κ3) is 1.24. The molecular weight excluding hydrogens is 186 g/mol. The third-order valence-electron chi connectivity index (χ3n) is 1.39. The van der Waals surface area contributed by atoms with Gasteiger partial charge in [0.2, 0.25) is 0 Å². The van der Waals surface area contributed by atoms with E-state index in [1.165, 1.54) is 0 Å². The van der Waals surface area contributed by atoms with Gasteiger partial charge in [-0.25, -0.2) is 9.59 Å². The first-order valence-electron chi connectivity index (χ1n) is 3.01. The van der Waals surface area contributed by atoms with Gasteiger partial charge in [0.1, 0.15) is 0 Å². The molecule has 12 heavy (non-hydrogen) atoms. The van der Waals surface area contributed by atoms with Gasteiger partial charge in [-0.15, -0.1) is 0 Å². The Morgan fingerprint density at radius 2 is 1.92 bits per heavy atom. The molecule has 2 amide bonds. The minimum absolute atomic E-state index is 0.126. The smallest absolute Gasteiger partial charge is 0.367 e. The van der Waals surface area contributed by atoms with Crippen molar-refractivity contribution in [3.05, 3.63) is 12.2 Å². The topological polar surface area (TPSA) is 60.4 Å². The maximum atomic E-state index is 10.9. The van der Waals surface area contributed by atoms with Gasteiger partial charge in [-0.3, -0.25) is 4.79 Å². The van der Waals surface area contributed by atoms with Crippen molar-refractivity contribution in [2.45, 2.75) is 0 Å². The highest BCUT2D eigenvalue weighted by Gasteiger charge is 2.47. The maximum absolute atomic E-state index is 10.9. The third-order valence-corrected chi connectivity index (χ3v) is 1.82. The molecule has 1 heterocycles. The fraction of sp³-hybridized carbons (Fsp3) is 0.167. The van der Waals surface area contributed by atoms with E-state index in [1.54, 1.807) is 0 Å². The van der Waals surface area contributed by atoms with Crippen LogP contribution in [-0.2, 0) is 19.1 Å². The Morgan fingerprint density at radius 3 is 2.33 bits per heavy atom. The molecule has 0 bridgehead atoms. The molecule has 0 aliphatic carbocycles. The average Bonchev–Trinajstić information content (AvgIpc) is 2.30. The number of hydrogen-bond donors (Lipinski definition) is 0. The first-order chi connectivity index (χ1) is 5.61. The zero-order valence-corrected chi connectivity index (χ0v) is 6.65. The minimum atomic E-state index is -1.04. The summed E-state index contributed by atoms with van der Waals surface area (Å²) in [5.41, 5.74) is 0. The lowest BCUT2D eigenvalue weighted by Gasteiger charge is -2.15. The summed E-state index contributed by atoms with van der Waals surface area (Å²) in [7, 11) is 0. The Labute approximate surface area is 72.9 Å². The summed E-state index contributed by atoms with van der Waals surface area (Å²) in [6.45, 7) is -0.350. The highest BCUT2D eigenvalue weighted by molar-refractivity contribution is 6.24. The van der Waals surface area contributed by atoms with Gasteiger partial charge in [0.05, 0.1) is 12.2 Å². The van der Waals surface area contributed by atoms with E-state index in [4.69, 9.17) is 11.8 Å². The summed E-state index contributed by atoms with van der Waals surface area (Å²) >= 11 is 5.54. The van der Waals surface area contributed by atoms with Crippen LogP contribution < -0.4 is 0 Å². The first-order valence-corrected chi connectivity index (χ1v) is 3.35. The second-order valence-corrected chi connectivity index (χ2v) is 2.70. The van der Waals surface area contributed by atoms with Crippen LogP contribution in [0, 0.1) is 0 Å². The maximum Gasteiger partial charge on any atom is 0.367 e. The number of ether oxygens (including phenoxy) is 1. The Hall–Kier alpha value is -1.20. The summed E-state index contributed by atoms with van der Waals surface area (Å²) < 4.78 is 3.20. The lowest BCUT2D eigenvalue weighted by atomic mass is 10.6. The Morgan fingerprint density at radius 1 is 1.42 bits per heavy atom. The quantitative estimate of drug-likeness (QED) is 0.349. The number of rotatable bonds is 3. The summed E-state index contributed by atoms with van der Waals surface area (Å²) in [6, 6.07) is 0. The van der Waals surface area contributed by atoms with Gasteiger partial charge in [-0.05, 0) is 0 Å². The SMILES string of the molecule is O=COC[N+]1(Cl)C(=O)C=CC1=O. The van der Waals surface area contributed by atoms with Crippen LogP contribution in [0.25, 0.3) is 0 Å². The number of amides is 2. The van der Waals surface area contributed by atoms with Crippen LogP contribution in [-0.4, -0.2) is 29.0 Å². The molecule has 0 saturated carbocycles. The predicted octanol–water partition coefficient (Wildman–Crippen LogP) is -0.290. The molecule has 64 valence electrons. The van der Waals surface area contributed by atoms with Gasteiger partial charge in [-0.1, -0.05) is 4.00 Å². The fourth-order valence-corrected chi connectivity index (χ4v) is 0.917. The van der Waals surface area contributed by atoms with Crippen molar-refractivity contribution in [3.63, 3.8) is 0 Å². The van der Waals surface area contributed by atoms with Crippen molar-refractivity contribution in [1.82, 2.24) is 0 Å². The summed E-state index contributed by atoms with van der Waals surface area (Å²) in [6.07, 6.45) is 2.09. The molecule has 0 aromatic rings. The number of carbonyl (C=O) groups excluding carboxylic acids is 3. The van der Waals surface area contributed by atoms with Crippen LogP contribution in [0.15, 0.2) is 12.2 Å². The molecule has 0 aromatic carbocycles. The van der Waals surface area contributed by atoms with Gasteiger partial charge in [0, 0.05) is 0 Å². The van der Waals surface area contributed by atoms with Crippen molar-refractivity contribution in [2.75, 3.05) is 6.73 Å². The molecule has 0 saturated heterocycles. The minimum Gasteiger partial charge on any atom is -0.414 e. The van der Waals surface area contributed by atoms with Crippen LogP contribution in [0.2, 0.25) is 0 Å². The number of nitrogens with zero attached hydrogens (tertiary/aromatic N) is 1. The van der Waals surface area contributed by atoms with Crippen LogP contribution >= 0.6 is 11.8 Å². The summed E-state index contributed by atoms with van der Waals surface area (Å²) in [4.78, 5) is 31.7. The molecule has 1 aliphatic rings. The Bertz CT molecular complexity index is 255. The number of quaternary nitrogens is 1. The molecule has 5 nitrogen and oxygen atoms in total. The van der Waals surface area contributed by atoms with E-state index in [-0.39, 0.29) is 6.47 Å². The normalized spacial score (nSPS) is 19.8. The van der Waals surface area contributed by atoms with Crippen molar-refractivity contribution in [3.8, 4) is 0 Å². The van der Waals surface area contributed by atoms with Gasteiger partial charge in [0.25, 0.3) is 13.2 Å². The number of carbonyl (C=O) groups is 3. The van der Waals surface area contributed by atoms with E-state index in [9.17, 15) is 14.4 Å². The Balaban J connectivity index is 2.76. The highest BCUT2D eigenvalue weighted by Crippen LogP contribution is 2.20. The number of halogens is 1. The Kier molecular flexibility index (Phi) is 2.25. The van der Waals surface area contributed by atoms with E-state index >= 15 is 0 Å². The zero-order chi connectivity index (χ0) is 9.19. The molecular formula is C6H5ClNO4+. The summed E-state index contributed by atoms with van der Waals surface area (Å²) in [5, 5.41) is 0. The van der Waals surface area contributed by atoms with E-state index in [2.05, 4.69) is 4.74 Å². The molecule has 1 aliphatic heterocycles. The molecule has 0 unspecified atom stereocenters. The van der Waals surface area contributed by atoms with E-state index in [0.717, 1.165) is 12.2 Å². The molecule has 0 aromatic heterocycles. The number of hydrogen-bond acceptors (Lipinski definition) is 4. The van der Waals surface area contributed by atoms with E-state index in [1.807, 2.05) is 0 Å². The lowest BCUT2D eigenvalue weighted by Crippen LogP contribution is -2.45. The van der Waals surface area contributed by atoms with Gasteiger partial charge >= 0.3 is 11.8 Å². The second-order valence-electron chi connectivity index (χ2n) is 2.12. The van der Waals surface area contributed by atoms with Crippen LogP contribution in [0.1, 0.15) is 0 Å². The predicted molar refractivity (Wildman–Crippen MR) is 37.3 cm³/mol. The van der Waals surface area contributed by atoms with Crippen molar-refractivity contribution < 1.29 is 23.1 Å². The molecule has 0 spiro atoms. The van der Waals surface area contributed by atoms with E-state index in [0.29, 0.717) is 0 Å². The van der Waals surface area contributed by atoms with Gasteiger partial charge in [0.15, 0.2) is 11.8 Å². The summed E-state index contributed by atoms with van der Waals surface area (Å²) in [5.74, 6) is -1.22.